The SMILES string of the molecule is Cc1cc2nc3c(=O)[nH]c(=O)nc-3n(CC(O)C(O)C(O)COP(=O)(O)OP(=O)(O)OC[C@@H]3O[C@H](n4cnc5c(N)ncnc54)C(O)C3O)c2cc1C. The summed E-state index contributed by atoms with van der Waals surface area (Å²) in [6.45, 7) is 0.795. The first kappa shape index (κ1) is 38.6. The van der Waals surface area contributed by atoms with Crippen LogP contribution in [0.3, 0.4) is 0 Å². The van der Waals surface area contributed by atoms with Crippen molar-refractivity contribution in [3.63, 3.8) is 0 Å². The van der Waals surface area contributed by atoms with Crippen molar-refractivity contribution in [2.45, 2.75) is 63.2 Å². The molecule has 0 bridgehead atoms. The van der Waals surface area contributed by atoms with Crippen molar-refractivity contribution in [2.75, 3.05) is 18.9 Å². The van der Waals surface area contributed by atoms with Crippen molar-refractivity contribution >= 4 is 43.7 Å². The Balaban J connectivity index is 1.07. The highest BCUT2D eigenvalue weighted by Gasteiger charge is 2.46. The zero-order valence-corrected chi connectivity index (χ0v) is 29.3. The number of aromatic amines is 1. The maximum atomic E-state index is 12.5. The molecule has 10 N–H and O–H groups in total. The van der Waals surface area contributed by atoms with E-state index in [4.69, 9.17) is 15.0 Å². The lowest BCUT2D eigenvalue weighted by atomic mass is 10.1. The van der Waals surface area contributed by atoms with Gasteiger partial charge in [0, 0.05) is 0 Å². The van der Waals surface area contributed by atoms with E-state index >= 15 is 0 Å². The molecule has 24 nitrogen and oxygen atoms in total. The molecule has 26 heteroatoms. The molecule has 5 heterocycles. The Morgan fingerprint density at radius 1 is 0.981 bits per heavy atom. The Kier molecular flexibility index (Phi) is 10.6. The van der Waals surface area contributed by atoms with E-state index < -0.39 is 89.5 Å². The number of aliphatic hydroxyl groups excluding tert-OH is 5. The number of rotatable bonds is 13. The number of hydrogen-bond donors (Lipinski definition) is 9. The van der Waals surface area contributed by atoms with Crippen LogP contribution < -0.4 is 17.0 Å². The number of nitrogens with two attached hydrogens (primary N) is 1. The maximum absolute atomic E-state index is 12.5. The first-order valence-corrected chi connectivity index (χ1v) is 18.4. The highest BCUT2D eigenvalue weighted by Crippen LogP contribution is 2.60. The Morgan fingerprint density at radius 2 is 1.68 bits per heavy atom. The van der Waals surface area contributed by atoms with Crippen molar-refractivity contribution in [1.29, 1.82) is 0 Å². The summed E-state index contributed by atoms with van der Waals surface area (Å²) >= 11 is 0. The highest BCUT2D eigenvalue weighted by molar-refractivity contribution is 7.61. The molecule has 0 aliphatic carbocycles. The third-order valence-electron chi connectivity index (χ3n) is 8.40. The van der Waals surface area contributed by atoms with Gasteiger partial charge in [0.05, 0.1) is 37.1 Å². The number of aliphatic hydroxyl groups is 5. The molecular weight excluding hydrogens is 752 g/mol. The Hall–Kier alpha value is -4.13. The molecule has 0 spiro atoms. The van der Waals surface area contributed by atoms with E-state index in [2.05, 4.69) is 33.8 Å². The lowest BCUT2D eigenvalue weighted by molar-refractivity contribution is -0.0794. The fraction of sp³-hybridized carbons (Fsp3) is 0.444. The first-order chi connectivity index (χ1) is 24.9. The lowest BCUT2D eigenvalue weighted by Crippen LogP contribution is -2.42. The van der Waals surface area contributed by atoms with Crippen LogP contribution in [0, 0.1) is 13.8 Å². The van der Waals surface area contributed by atoms with Crippen molar-refractivity contribution in [3.05, 3.63) is 56.8 Å². The van der Waals surface area contributed by atoms with E-state index in [-0.39, 0.29) is 34.0 Å². The van der Waals surface area contributed by atoms with Gasteiger partial charge in [0.15, 0.2) is 29.2 Å². The fourth-order valence-corrected chi connectivity index (χ4v) is 7.65. The third kappa shape index (κ3) is 7.91. The number of nitrogen functional groups attached to an aromatic ring is 1. The third-order valence-corrected chi connectivity index (χ3v) is 11.0. The molecule has 53 heavy (non-hydrogen) atoms. The number of aromatic nitrogens is 8. The summed E-state index contributed by atoms with van der Waals surface area (Å²) in [4.78, 5) is 66.6. The van der Waals surface area contributed by atoms with Gasteiger partial charge in [0.2, 0.25) is 0 Å². The number of fused-ring (bicyclic) bond motifs is 3. The predicted octanol–water partition coefficient (Wildman–Crippen LogP) is -2.42. The summed E-state index contributed by atoms with van der Waals surface area (Å²) in [6, 6.07) is 3.29. The van der Waals surface area contributed by atoms with Crippen molar-refractivity contribution < 1.29 is 62.5 Å². The molecular formula is C27H33N9O15P2. The molecule has 6 rings (SSSR count). The number of phosphoric acid groups is 2. The molecule has 7 unspecified atom stereocenters. The van der Waals surface area contributed by atoms with Gasteiger partial charge in [-0.15, -0.1) is 0 Å². The van der Waals surface area contributed by atoms with E-state index in [1.807, 2.05) is 4.98 Å². The van der Waals surface area contributed by atoms with Gasteiger partial charge in [-0.3, -0.25) is 23.4 Å². The van der Waals surface area contributed by atoms with Crippen LogP contribution in [0.15, 0.2) is 34.4 Å². The zero-order valence-electron chi connectivity index (χ0n) is 27.5. The standard InChI is InChI=1S/C27H33N9O15P2/c1-10-3-12-13(4-11(10)2)35(24-18(32-12)25(42)34-27(43)33-24)5-14(37)19(39)15(38)6-48-52(44,45)51-53(46,47)49-7-16-20(40)21(41)26(50-16)36-9-31-17-22(28)29-8-30-23(17)36/h3-4,8-9,14-16,19-21,26,37-41H,5-7H2,1-2H3,(H,44,45)(H,46,47)(H2,28,29,30)(H,34,42,43)/t14?,15?,16-,19?,20?,21?,26-/m0/s1. The number of benzene rings is 1. The molecule has 0 amide bonds. The summed E-state index contributed by atoms with van der Waals surface area (Å²) in [5, 5.41) is 53.0. The van der Waals surface area contributed by atoms with Gasteiger partial charge in [-0.1, -0.05) is 0 Å². The molecule has 0 saturated carbocycles. The molecule has 9 atom stereocenters. The average Bonchev–Trinajstić information content (AvgIpc) is 3.63. The fourth-order valence-electron chi connectivity index (χ4n) is 5.55. The van der Waals surface area contributed by atoms with Gasteiger partial charge in [-0.05, 0) is 37.1 Å². The molecule has 0 radical (unpaired) electrons. The van der Waals surface area contributed by atoms with Gasteiger partial charge < -0.3 is 50.4 Å². The Bertz CT molecular complexity index is 2350. The smallest absolute Gasteiger partial charge is 0.388 e. The number of aryl methyl sites for hydroxylation is 2. The minimum absolute atomic E-state index is 0.0293. The number of phosphoric ester groups is 2. The minimum atomic E-state index is -5.54. The lowest BCUT2D eigenvalue weighted by Gasteiger charge is -2.26. The molecule has 2 aromatic heterocycles. The summed E-state index contributed by atoms with van der Waals surface area (Å²) in [5.74, 6) is -0.212. The second-order valence-corrected chi connectivity index (χ2v) is 15.1. The van der Waals surface area contributed by atoms with Gasteiger partial charge in [0.25, 0.3) is 5.56 Å². The molecule has 1 fully saturated rings. The summed E-state index contributed by atoms with van der Waals surface area (Å²) < 4.78 is 46.6. The number of H-pyrrole nitrogens is 1. The predicted molar refractivity (Wildman–Crippen MR) is 177 cm³/mol. The number of nitrogens with one attached hydrogen (secondary N) is 1. The van der Waals surface area contributed by atoms with E-state index in [0.717, 1.165) is 17.5 Å². The van der Waals surface area contributed by atoms with E-state index in [1.165, 1.54) is 15.5 Å². The van der Waals surface area contributed by atoms with Crippen molar-refractivity contribution in [3.8, 4) is 11.5 Å². The Morgan fingerprint density at radius 3 is 2.42 bits per heavy atom. The van der Waals surface area contributed by atoms with Crippen molar-refractivity contribution in [1.82, 2.24) is 39.0 Å². The van der Waals surface area contributed by atoms with Gasteiger partial charge in [0.1, 0.15) is 48.5 Å². The average molecular weight is 786 g/mol. The van der Waals surface area contributed by atoms with Crippen LogP contribution in [0.4, 0.5) is 5.82 Å². The van der Waals surface area contributed by atoms with Crippen LogP contribution >= 0.6 is 15.6 Å². The second-order valence-electron chi connectivity index (χ2n) is 12.1. The van der Waals surface area contributed by atoms with E-state index in [9.17, 15) is 54.0 Å². The summed E-state index contributed by atoms with van der Waals surface area (Å²) in [7, 11) is -11.0. The first-order valence-electron chi connectivity index (χ1n) is 15.4. The number of nitrogens with zero attached hydrogens (tertiary/aromatic N) is 7. The number of hydrogen-bond acceptors (Lipinski definition) is 19. The topological polar surface area (TPSA) is 363 Å². The molecule has 3 aromatic rings. The highest BCUT2D eigenvalue weighted by atomic mass is 31.3. The second kappa shape index (κ2) is 14.6. The molecule has 3 aliphatic heterocycles. The van der Waals surface area contributed by atoms with E-state index in [0.29, 0.717) is 5.52 Å². The molecule has 1 aromatic carbocycles. The van der Waals surface area contributed by atoms with Crippen molar-refractivity contribution in [2.24, 2.45) is 0 Å². The zero-order chi connectivity index (χ0) is 38.6. The Labute approximate surface area is 295 Å². The quantitative estimate of drug-likeness (QED) is 0.0443. The van der Waals surface area contributed by atoms with E-state index in [1.54, 1.807) is 26.0 Å². The van der Waals surface area contributed by atoms with Crippen LogP contribution in [0.1, 0.15) is 17.4 Å². The normalized spacial score (nSPS) is 23.3. The monoisotopic (exact) mass is 785 g/mol. The van der Waals surface area contributed by atoms with Gasteiger partial charge in [-0.25, -0.2) is 33.9 Å². The summed E-state index contributed by atoms with van der Waals surface area (Å²) in [5.41, 5.74) is 6.11. The molecule has 1 saturated heterocycles. The minimum Gasteiger partial charge on any atom is -0.388 e. The largest absolute Gasteiger partial charge is 0.481 e. The molecule has 286 valence electrons. The van der Waals surface area contributed by atoms with Crippen LogP contribution in [-0.2, 0) is 33.8 Å². The van der Waals surface area contributed by atoms with Crippen LogP contribution in [-0.4, -0.2) is 124 Å². The van der Waals surface area contributed by atoms with Crippen LogP contribution in [0.2, 0.25) is 0 Å². The number of anilines is 1. The number of ether oxygens (including phenoxy) is 1. The van der Waals surface area contributed by atoms with Crippen LogP contribution in [0.25, 0.3) is 33.7 Å². The van der Waals surface area contributed by atoms with Gasteiger partial charge >= 0.3 is 21.3 Å². The molecule has 3 aliphatic rings. The maximum Gasteiger partial charge on any atom is 0.481 e. The van der Waals surface area contributed by atoms with Gasteiger partial charge in [-0.2, -0.15) is 9.29 Å². The number of imidazole rings is 1. The van der Waals surface area contributed by atoms with Crippen LogP contribution in [0.5, 0.6) is 0 Å². The summed E-state index contributed by atoms with van der Waals surface area (Å²) in [6.07, 6.45) is -9.93.